The van der Waals surface area contributed by atoms with E-state index >= 15 is 0 Å². The van der Waals surface area contributed by atoms with Gasteiger partial charge in [-0.05, 0) is 62.8 Å². The largest absolute Gasteiger partial charge is 0.395 e. The highest BCUT2D eigenvalue weighted by atomic mass is 16.3. The summed E-state index contributed by atoms with van der Waals surface area (Å²) in [6.45, 7) is 4.36. The molecule has 0 fully saturated rings. The second-order valence-electron chi connectivity index (χ2n) is 5.51. The molecule has 0 heterocycles. The van der Waals surface area contributed by atoms with Gasteiger partial charge in [0.05, 0.1) is 6.61 Å². The van der Waals surface area contributed by atoms with Crippen molar-refractivity contribution >= 4 is 5.91 Å². The van der Waals surface area contributed by atoms with Gasteiger partial charge in [-0.25, -0.2) is 0 Å². The first-order valence-electron chi connectivity index (χ1n) is 7.17. The maximum Gasteiger partial charge on any atom is 0.254 e. The Balaban J connectivity index is 2.22. The van der Waals surface area contributed by atoms with Crippen LogP contribution in [0.15, 0.2) is 18.2 Å². The molecule has 1 aliphatic carbocycles. The minimum atomic E-state index is 0.00879. The molecule has 19 heavy (non-hydrogen) atoms. The Bertz CT molecular complexity index is 454. The summed E-state index contributed by atoms with van der Waals surface area (Å²) in [7, 11) is 0. The Morgan fingerprint density at radius 3 is 2.58 bits per heavy atom. The van der Waals surface area contributed by atoms with Gasteiger partial charge in [0.2, 0.25) is 0 Å². The molecule has 1 aromatic carbocycles. The zero-order valence-corrected chi connectivity index (χ0v) is 11.9. The van der Waals surface area contributed by atoms with Gasteiger partial charge < -0.3 is 10.0 Å². The molecule has 1 aliphatic rings. The number of aryl methyl sites for hydroxylation is 2. The van der Waals surface area contributed by atoms with Crippen molar-refractivity contribution in [2.24, 2.45) is 0 Å². The maximum atomic E-state index is 12.5. The monoisotopic (exact) mass is 261 g/mol. The molecule has 0 radical (unpaired) electrons. The zero-order valence-electron chi connectivity index (χ0n) is 11.9. The van der Waals surface area contributed by atoms with E-state index in [9.17, 15) is 4.79 Å². The van der Waals surface area contributed by atoms with Gasteiger partial charge in [0.1, 0.15) is 0 Å². The van der Waals surface area contributed by atoms with E-state index in [-0.39, 0.29) is 18.6 Å². The molecule has 1 amide bonds. The fraction of sp³-hybridized carbons (Fsp3) is 0.562. The van der Waals surface area contributed by atoms with Crippen LogP contribution in [-0.4, -0.2) is 35.1 Å². The summed E-state index contributed by atoms with van der Waals surface area (Å²) in [5.74, 6) is 0.0254. The fourth-order valence-electron chi connectivity index (χ4n) is 2.73. The number of aliphatic hydroxyl groups is 1. The molecule has 0 aromatic heterocycles. The quantitative estimate of drug-likeness (QED) is 0.904. The third-order valence-electron chi connectivity index (χ3n) is 3.82. The van der Waals surface area contributed by atoms with E-state index in [1.54, 1.807) is 4.90 Å². The Morgan fingerprint density at radius 2 is 1.95 bits per heavy atom. The van der Waals surface area contributed by atoms with Gasteiger partial charge >= 0.3 is 0 Å². The third kappa shape index (κ3) is 3.16. The van der Waals surface area contributed by atoms with Crippen molar-refractivity contribution in [3.8, 4) is 0 Å². The topological polar surface area (TPSA) is 40.5 Å². The Labute approximate surface area is 115 Å². The molecule has 2 rings (SSSR count). The van der Waals surface area contributed by atoms with Gasteiger partial charge in [0.25, 0.3) is 5.91 Å². The van der Waals surface area contributed by atoms with E-state index in [0.29, 0.717) is 6.54 Å². The molecule has 0 saturated carbocycles. The van der Waals surface area contributed by atoms with Crippen molar-refractivity contribution in [3.63, 3.8) is 0 Å². The lowest BCUT2D eigenvalue weighted by Gasteiger charge is -2.26. The van der Waals surface area contributed by atoms with Crippen molar-refractivity contribution in [1.82, 2.24) is 4.90 Å². The first kappa shape index (κ1) is 14.1. The molecular formula is C16H23NO2. The van der Waals surface area contributed by atoms with E-state index in [0.717, 1.165) is 18.4 Å². The van der Waals surface area contributed by atoms with Crippen LogP contribution in [0.5, 0.6) is 0 Å². The number of fused-ring (bicyclic) bond motifs is 1. The van der Waals surface area contributed by atoms with E-state index in [1.165, 1.54) is 24.0 Å². The van der Waals surface area contributed by atoms with Crippen LogP contribution in [0.4, 0.5) is 0 Å². The smallest absolute Gasteiger partial charge is 0.254 e. The predicted octanol–water partition coefficient (Wildman–Crippen LogP) is 2.41. The van der Waals surface area contributed by atoms with Crippen LogP contribution < -0.4 is 0 Å². The molecule has 0 unspecified atom stereocenters. The van der Waals surface area contributed by atoms with Gasteiger partial charge in [-0.1, -0.05) is 6.07 Å². The molecule has 1 N–H and O–H groups in total. The van der Waals surface area contributed by atoms with Crippen LogP contribution in [0.3, 0.4) is 0 Å². The van der Waals surface area contributed by atoms with Gasteiger partial charge in [0.15, 0.2) is 0 Å². The molecule has 0 spiro atoms. The molecule has 1 aromatic rings. The number of benzene rings is 1. The maximum absolute atomic E-state index is 12.5. The van der Waals surface area contributed by atoms with Gasteiger partial charge in [-0.3, -0.25) is 4.79 Å². The van der Waals surface area contributed by atoms with Crippen LogP contribution in [0.2, 0.25) is 0 Å². The average molecular weight is 261 g/mol. The van der Waals surface area contributed by atoms with Gasteiger partial charge in [-0.15, -0.1) is 0 Å². The lowest BCUT2D eigenvalue weighted by atomic mass is 9.90. The number of carbonyl (C=O) groups is 1. The SMILES string of the molecule is CC(C)N(CCO)C(=O)c1ccc2c(c1)CCCC2. The van der Waals surface area contributed by atoms with Crippen molar-refractivity contribution in [3.05, 3.63) is 34.9 Å². The number of carbonyl (C=O) groups excluding carboxylic acids is 1. The van der Waals surface area contributed by atoms with E-state index < -0.39 is 0 Å². The minimum absolute atomic E-state index is 0.00879. The van der Waals surface area contributed by atoms with Crippen LogP contribution in [0, 0.1) is 0 Å². The first-order valence-corrected chi connectivity index (χ1v) is 7.17. The van der Waals surface area contributed by atoms with E-state index in [1.807, 2.05) is 26.0 Å². The number of aliphatic hydroxyl groups excluding tert-OH is 1. The van der Waals surface area contributed by atoms with Crippen molar-refractivity contribution < 1.29 is 9.90 Å². The van der Waals surface area contributed by atoms with Crippen molar-refractivity contribution in [2.45, 2.75) is 45.6 Å². The van der Waals surface area contributed by atoms with Gasteiger partial charge in [-0.2, -0.15) is 0 Å². The number of hydrogen-bond donors (Lipinski definition) is 1. The standard InChI is InChI=1S/C16H23NO2/c1-12(2)17(9-10-18)16(19)15-8-7-13-5-3-4-6-14(13)11-15/h7-8,11-12,18H,3-6,9-10H2,1-2H3. The number of amides is 1. The van der Waals surface area contributed by atoms with Crippen LogP contribution in [0.25, 0.3) is 0 Å². The Morgan fingerprint density at radius 1 is 1.26 bits per heavy atom. The summed E-state index contributed by atoms with van der Waals surface area (Å²) in [6, 6.07) is 6.18. The van der Waals surface area contributed by atoms with Crippen LogP contribution in [0.1, 0.15) is 48.2 Å². The Hall–Kier alpha value is -1.35. The number of hydrogen-bond acceptors (Lipinski definition) is 2. The van der Waals surface area contributed by atoms with Crippen LogP contribution in [-0.2, 0) is 12.8 Å². The molecule has 3 nitrogen and oxygen atoms in total. The highest BCUT2D eigenvalue weighted by Gasteiger charge is 2.19. The second kappa shape index (κ2) is 6.20. The summed E-state index contributed by atoms with van der Waals surface area (Å²) in [6.07, 6.45) is 4.69. The zero-order chi connectivity index (χ0) is 13.8. The molecule has 3 heteroatoms. The summed E-state index contributed by atoms with van der Waals surface area (Å²) in [5, 5.41) is 9.08. The van der Waals surface area contributed by atoms with E-state index in [4.69, 9.17) is 5.11 Å². The fourth-order valence-corrected chi connectivity index (χ4v) is 2.73. The molecule has 0 bridgehead atoms. The lowest BCUT2D eigenvalue weighted by molar-refractivity contribution is 0.0665. The van der Waals surface area contributed by atoms with Crippen molar-refractivity contribution in [1.29, 1.82) is 0 Å². The Kier molecular flexibility index (Phi) is 4.59. The normalized spacial score (nSPS) is 14.3. The van der Waals surface area contributed by atoms with E-state index in [2.05, 4.69) is 6.07 Å². The van der Waals surface area contributed by atoms with Crippen LogP contribution >= 0.6 is 0 Å². The predicted molar refractivity (Wildman–Crippen MR) is 76.3 cm³/mol. The molecule has 0 atom stereocenters. The number of nitrogens with zero attached hydrogens (tertiary/aromatic N) is 1. The summed E-state index contributed by atoms with van der Waals surface area (Å²) >= 11 is 0. The van der Waals surface area contributed by atoms with Crippen molar-refractivity contribution in [2.75, 3.05) is 13.2 Å². The molecule has 0 saturated heterocycles. The molecule has 104 valence electrons. The third-order valence-corrected chi connectivity index (χ3v) is 3.82. The highest BCUT2D eigenvalue weighted by Crippen LogP contribution is 2.23. The second-order valence-corrected chi connectivity index (χ2v) is 5.51. The number of rotatable bonds is 4. The summed E-state index contributed by atoms with van der Waals surface area (Å²) < 4.78 is 0. The average Bonchev–Trinajstić information content (AvgIpc) is 2.43. The highest BCUT2D eigenvalue weighted by molar-refractivity contribution is 5.94. The minimum Gasteiger partial charge on any atom is -0.395 e. The molecule has 0 aliphatic heterocycles. The van der Waals surface area contributed by atoms with Gasteiger partial charge in [0, 0.05) is 18.2 Å². The summed E-state index contributed by atoms with van der Waals surface area (Å²) in [5.41, 5.74) is 3.47. The first-order chi connectivity index (χ1) is 9.13. The molecular weight excluding hydrogens is 238 g/mol. The summed E-state index contributed by atoms with van der Waals surface area (Å²) in [4.78, 5) is 14.2. The lowest BCUT2D eigenvalue weighted by Crippen LogP contribution is -2.39.